The molecule has 0 unspecified atom stereocenters. The van der Waals surface area contributed by atoms with Crippen LogP contribution in [0.1, 0.15) is 1.43 Å². The van der Waals surface area contributed by atoms with Crippen molar-refractivity contribution in [1.82, 2.24) is 0 Å². The van der Waals surface area contributed by atoms with Crippen LogP contribution < -0.4 is 29.6 Å². The normalized spacial score (nSPS) is 1.60. The van der Waals surface area contributed by atoms with Crippen molar-refractivity contribution >= 4 is 0 Å². The van der Waals surface area contributed by atoms with Gasteiger partial charge in [0.2, 0.25) is 0 Å². The summed E-state index contributed by atoms with van der Waals surface area (Å²) >= 11 is 3.38. The first-order valence-corrected chi connectivity index (χ1v) is 1.27. The molecule has 0 fully saturated rings. The third-order valence-corrected chi connectivity index (χ3v) is 0. The molecule has 0 rings (SSSR count). The van der Waals surface area contributed by atoms with Crippen molar-refractivity contribution in [2.24, 2.45) is 0 Å². The van der Waals surface area contributed by atoms with Crippen molar-refractivity contribution in [3.05, 3.63) is 0 Å². The zero-order chi connectivity index (χ0) is 4.00. The third kappa shape index (κ3) is 27.8. The SMILES string of the molecule is [H-].[Na+].[O]=[Mn].[O]=[Mn]. The van der Waals surface area contributed by atoms with E-state index in [1.54, 1.807) is 31.9 Å². The summed E-state index contributed by atoms with van der Waals surface area (Å²) in [4.78, 5) is 0. The Labute approximate surface area is 69.9 Å². The molecule has 5 heavy (non-hydrogen) atoms. The van der Waals surface area contributed by atoms with Crippen LogP contribution in [0.3, 0.4) is 0 Å². The van der Waals surface area contributed by atoms with Gasteiger partial charge in [-0.1, -0.05) is 0 Å². The molecule has 0 bridgehead atoms. The fraction of sp³-hybridized carbons (Fsp3) is 0. The van der Waals surface area contributed by atoms with E-state index in [2.05, 4.69) is 0 Å². The van der Waals surface area contributed by atoms with Crippen molar-refractivity contribution in [2.75, 3.05) is 0 Å². The van der Waals surface area contributed by atoms with Gasteiger partial charge in [0.25, 0.3) is 0 Å². The van der Waals surface area contributed by atoms with Crippen LogP contribution in [-0.4, -0.2) is 0 Å². The molecule has 0 aromatic heterocycles. The summed E-state index contributed by atoms with van der Waals surface area (Å²) in [6, 6.07) is 0. The van der Waals surface area contributed by atoms with Crippen LogP contribution in [0.4, 0.5) is 0 Å². The summed E-state index contributed by atoms with van der Waals surface area (Å²) in [5.74, 6) is 0. The molecule has 0 aliphatic rings. The maximum absolute atomic E-state index is 8.06. The summed E-state index contributed by atoms with van der Waals surface area (Å²) in [5.41, 5.74) is 0. The van der Waals surface area contributed by atoms with Gasteiger partial charge in [0.15, 0.2) is 0 Å². The van der Waals surface area contributed by atoms with Gasteiger partial charge < -0.3 is 1.43 Å². The molecule has 0 aromatic carbocycles. The predicted molar refractivity (Wildman–Crippen MR) is 2.49 cm³/mol. The van der Waals surface area contributed by atoms with Crippen LogP contribution in [0.25, 0.3) is 0 Å². The van der Waals surface area contributed by atoms with E-state index < -0.39 is 0 Å². The minimum absolute atomic E-state index is 0. The zero-order valence-corrected chi connectivity index (χ0v) is 6.93. The predicted octanol–water partition coefficient (Wildman–Crippen LogP) is -3.13. The molecule has 0 radical (unpaired) electrons. The maximum atomic E-state index is 8.06. The van der Waals surface area contributed by atoms with E-state index in [1.807, 2.05) is 0 Å². The van der Waals surface area contributed by atoms with E-state index in [1.165, 1.54) is 0 Å². The van der Waals surface area contributed by atoms with Gasteiger partial charge in [0.05, 0.1) is 0 Å². The quantitative estimate of drug-likeness (QED) is 0.356. The zero-order valence-electron chi connectivity index (χ0n) is 3.57. The molecule has 0 saturated heterocycles. The standard InChI is InChI=1S/2Mn.Na.2O.H/q;;+1;;;-1. The van der Waals surface area contributed by atoms with Crippen LogP contribution in [0.2, 0.25) is 0 Å². The molecule has 0 atom stereocenters. The molecule has 0 aliphatic carbocycles. The second-order valence-corrected chi connectivity index (χ2v) is 0. The Morgan fingerprint density at radius 3 is 1.00 bits per heavy atom. The molecule has 0 amide bonds. The van der Waals surface area contributed by atoms with Gasteiger partial charge >= 0.3 is 69.1 Å². The van der Waals surface area contributed by atoms with E-state index in [0.29, 0.717) is 0 Å². The van der Waals surface area contributed by atoms with Crippen molar-refractivity contribution in [2.45, 2.75) is 0 Å². The molecule has 0 spiro atoms. The first kappa shape index (κ1) is 15.9. The molecular weight excluding hydrogens is 165 g/mol. The summed E-state index contributed by atoms with van der Waals surface area (Å²) < 4.78 is 16.1. The van der Waals surface area contributed by atoms with Crippen LogP contribution in [0, 0.1) is 0 Å². The van der Waals surface area contributed by atoms with E-state index in [4.69, 9.17) is 7.67 Å². The Kier molecular flexibility index (Phi) is 144. The summed E-state index contributed by atoms with van der Waals surface area (Å²) in [5, 5.41) is 0. The van der Waals surface area contributed by atoms with Crippen molar-refractivity contribution in [3.63, 3.8) is 0 Å². The van der Waals surface area contributed by atoms with Crippen molar-refractivity contribution in [3.8, 4) is 0 Å². The van der Waals surface area contributed by atoms with E-state index >= 15 is 0 Å². The van der Waals surface area contributed by atoms with Gasteiger partial charge in [-0.3, -0.25) is 0 Å². The van der Waals surface area contributed by atoms with Gasteiger partial charge in [0.1, 0.15) is 0 Å². The van der Waals surface area contributed by atoms with Gasteiger partial charge in [0, 0.05) is 0 Å². The Hall–Kier alpha value is 1.64. The fourth-order valence-electron chi connectivity index (χ4n) is 0. The molecule has 0 aliphatic heterocycles. The summed E-state index contributed by atoms with van der Waals surface area (Å²) in [6.45, 7) is 0. The van der Waals surface area contributed by atoms with Crippen LogP contribution in [0.5, 0.6) is 0 Å². The Bertz CT molecular complexity index is 13.5. The van der Waals surface area contributed by atoms with Crippen molar-refractivity contribution in [1.29, 1.82) is 0 Å². The second-order valence-electron chi connectivity index (χ2n) is 0. The molecule has 0 N–H and O–H groups in total. The van der Waals surface area contributed by atoms with Crippen LogP contribution >= 0.6 is 0 Å². The molecular formula is HMn2NaO2. The first-order chi connectivity index (χ1) is 2.00. The third-order valence-electron chi connectivity index (χ3n) is 0. The van der Waals surface area contributed by atoms with Crippen LogP contribution in [0.15, 0.2) is 0 Å². The molecule has 2 nitrogen and oxygen atoms in total. The summed E-state index contributed by atoms with van der Waals surface area (Å²) in [6.07, 6.45) is 0. The van der Waals surface area contributed by atoms with Crippen LogP contribution in [-0.2, 0) is 39.6 Å². The molecule has 28 valence electrons. The monoisotopic (exact) mass is 166 g/mol. The fourth-order valence-corrected chi connectivity index (χ4v) is 0. The van der Waals surface area contributed by atoms with E-state index in [0.717, 1.165) is 0 Å². The number of rotatable bonds is 0. The molecule has 0 saturated carbocycles. The minimum atomic E-state index is 0. The topological polar surface area (TPSA) is 34.1 Å². The average Bonchev–Trinajstić information content (AvgIpc) is 1.50. The Morgan fingerprint density at radius 1 is 1.00 bits per heavy atom. The second kappa shape index (κ2) is 45.2. The number of hydrogen-bond donors (Lipinski definition) is 0. The van der Waals surface area contributed by atoms with Gasteiger partial charge in [-0.25, -0.2) is 0 Å². The Morgan fingerprint density at radius 2 is 1.00 bits per heavy atom. The van der Waals surface area contributed by atoms with Crippen molar-refractivity contribution < 1.29 is 70.5 Å². The molecule has 0 aromatic rings. The average molecular weight is 166 g/mol. The van der Waals surface area contributed by atoms with Gasteiger partial charge in [-0.05, 0) is 0 Å². The summed E-state index contributed by atoms with van der Waals surface area (Å²) in [7, 11) is 0. The number of hydrogen-bond acceptors (Lipinski definition) is 2. The molecule has 5 heteroatoms. The first-order valence-electron chi connectivity index (χ1n) is 0.309. The van der Waals surface area contributed by atoms with Gasteiger partial charge in [-0.2, -0.15) is 0 Å². The van der Waals surface area contributed by atoms with E-state index in [9.17, 15) is 0 Å². The van der Waals surface area contributed by atoms with E-state index in [-0.39, 0.29) is 31.0 Å². The van der Waals surface area contributed by atoms with Gasteiger partial charge in [-0.15, -0.1) is 0 Å². The molecule has 0 heterocycles. The Balaban J connectivity index is -0.00000000500.